The molecule has 0 saturated carbocycles. The molecule has 40 heavy (non-hydrogen) atoms. The number of carbonyl (C=O) groups is 1. The maximum Gasteiger partial charge on any atom is 0.348 e. The Morgan fingerprint density at radius 2 is 1.12 bits per heavy atom. The molecule has 216 valence electrons. The summed E-state index contributed by atoms with van der Waals surface area (Å²) in [4.78, 5) is 12.6. The number of halogens is 1. The highest BCUT2D eigenvalue weighted by Gasteiger charge is 2.34. The molecule has 0 saturated heterocycles. The van der Waals surface area contributed by atoms with Crippen LogP contribution in [0.4, 0.5) is 4.39 Å². The first kappa shape index (κ1) is 31.6. The molecule has 3 rings (SSSR count). The Morgan fingerprint density at radius 1 is 0.650 bits per heavy atom. The van der Waals surface area contributed by atoms with E-state index in [4.69, 9.17) is 4.74 Å². The van der Waals surface area contributed by atoms with Gasteiger partial charge in [-0.2, -0.15) is 0 Å². The van der Waals surface area contributed by atoms with Gasteiger partial charge in [-0.05, 0) is 72.6 Å². The minimum atomic E-state index is -1.98. The van der Waals surface area contributed by atoms with Crippen LogP contribution in [0.15, 0.2) is 72.8 Å². The summed E-state index contributed by atoms with van der Waals surface area (Å²) in [5.41, 5.74) is 3.89. The van der Waals surface area contributed by atoms with Crippen LogP contribution in [0.5, 0.6) is 5.75 Å². The van der Waals surface area contributed by atoms with Crippen molar-refractivity contribution in [3.8, 4) is 28.0 Å². The molecule has 0 bridgehead atoms. The molecule has 1 unspecified atom stereocenters. The van der Waals surface area contributed by atoms with Crippen molar-refractivity contribution >= 4 is 5.97 Å². The second-order valence-electron chi connectivity index (χ2n) is 11.4. The predicted octanol–water partition coefficient (Wildman–Crippen LogP) is 11.3. The lowest BCUT2D eigenvalue weighted by Crippen LogP contribution is -2.34. The number of benzene rings is 3. The van der Waals surface area contributed by atoms with E-state index < -0.39 is 11.6 Å². The molecule has 0 spiro atoms. The first-order chi connectivity index (χ1) is 19.4. The van der Waals surface area contributed by atoms with Gasteiger partial charge in [-0.1, -0.05) is 139 Å². The average Bonchev–Trinajstić information content (AvgIpc) is 2.97. The molecule has 0 aliphatic carbocycles. The van der Waals surface area contributed by atoms with Gasteiger partial charge in [-0.15, -0.1) is 0 Å². The van der Waals surface area contributed by atoms with E-state index >= 15 is 4.39 Å². The van der Waals surface area contributed by atoms with E-state index in [2.05, 4.69) is 56.3 Å². The minimum Gasteiger partial charge on any atom is -0.424 e. The summed E-state index contributed by atoms with van der Waals surface area (Å²) in [6.07, 6.45) is 15.4. The lowest BCUT2D eigenvalue weighted by molar-refractivity contribution is -0.147. The summed E-state index contributed by atoms with van der Waals surface area (Å²) in [6, 6.07) is 24.7. The third kappa shape index (κ3) is 10.2. The highest BCUT2D eigenvalue weighted by molar-refractivity contribution is 5.84. The molecule has 2 nitrogen and oxygen atoms in total. The Morgan fingerprint density at radius 3 is 1.68 bits per heavy atom. The number of hydrogen-bond donors (Lipinski definition) is 0. The second kappa shape index (κ2) is 17.0. The van der Waals surface area contributed by atoms with Gasteiger partial charge >= 0.3 is 5.97 Å². The van der Waals surface area contributed by atoms with Gasteiger partial charge < -0.3 is 4.74 Å². The lowest BCUT2D eigenvalue weighted by Gasteiger charge is -2.18. The number of aryl methyl sites for hydroxylation is 1. The van der Waals surface area contributed by atoms with E-state index in [1.807, 2.05) is 18.2 Å². The van der Waals surface area contributed by atoms with Gasteiger partial charge in [-0.3, -0.25) is 0 Å². The number of alkyl halides is 1. The van der Waals surface area contributed by atoms with Gasteiger partial charge in [0.15, 0.2) is 0 Å². The molecule has 0 aliphatic heterocycles. The zero-order valence-corrected chi connectivity index (χ0v) is 25.0. The van der Waals surface area contributed by atoms with E-state index in [-0.39, 0.29) is 6.42 Å². The van der Waals surface area contributed by atoms with E-state index in [1.54, 1.807) is 12.1 Å². The summed E-state index contributed by atoms with van der Waals surface area (Å²) < 4.78 is 20.5. The van der Waals surface area contributed by atoms with Crippen LogP contribution in [0.1, 0.15) is 110 Å². The van der Waals surface area contributed by atoms with Gasteiger partial charge in [0.05, 0.1) is 0 Å². The Balaban J connectivity index is 1.57. The summed E-state index contributed by atoms with van der Waals surface area (Å²) in [7, 11) is 0. The molecular weight excluding hydrogens is 495 g/mol. The molecule has 0 aliphatic rings. The first-order valence-corrected chi connectivity index (χ1v) is 15.6. The van der Waals surface area contributed by atoms with Crippen LogP contribution in [0, 0.1) is 0 Å². The topological polar surface area (TPSA) is 26.3 Å². The van der Waals surface area contributed by atoms with Gasteiger partial charge in [0, 0.05) is 0 Å². The maximum absolute atomic E-state index is 15.1. The van der Waals surface area contributed by atoms with Crippen LogP contribution in [-0.4, -0.2) is 11.6 Å². The predicted molar refractivity (Wildman–Crippen MR) is 168 cm³/mol. The second-order valence-corrected chi connectivity index (χ2v) is 11.4. The van der Waals surface area contributed by atoms with Gasteiger partial charge in [-0.25, -0.2) is 9.18 Å². The van der Waals surface area contributed by atoms with Crippen molar-refractivity contribution in [2.75, 3.05) is 0 Å². The molecule has 3 aromatic carbocycles. The normalized spacial score (nSPS) is 12.7. The number of esters is 1. The van der Waals surface area contributed by atoms with Crippen molar-refractivity contribution in [1.82, 2.24) is 0 Å². The standard InChI is InChI=1S/C37H49FO2/c1-4-6-8-10-11-13-17-29-37(3,38)36(39)40-33-27-25-32(26-28-33)35-20-16-15-19-34(35)31-23-21-30(22-24-31)18-14-12-9-7-5-2/h15-16,19-28H,4-14,17-18,29H2,1-3H3. The summed E-state index contributed by atoms with van der Waals surface area (Å²) in [5.74, 6) is -0.435. The average molecular weight is 545 g/mol. The lowest BCUT2D eigenvalue weighted by atomic mass is 9.93. The van der Waals surface area contributed by atoms with Crippen LogP contribution in [0.2, 0.25) is 0 Å². The summed E-state index contributed by atoms with van der Waals surface area (Å²) in [5, 5.41) is 0. The monoisotopic (exact) mass is 544 g/mol. The van der Waals surface area contributed by atoms with E-state index in [9.17, 15) is 4.79 Å². The highest BCUT2D eigenvalue weighted by Crippen LogP contribution is 2.33. The van der Waals surface area contributed by atoms with Crippen LogP contribution in [0.3, 0.4) is 0 Å². The van der Waals surface area contributed by atoms with Gasteiger partial charge in [0.2, 0.25) is 5.67 Å². The number of ether oxygens (including phenoxy) is 1. The van der Waals surface area contributed by atoms with E-state index in [1.165, 1.54) is 75.8 Å². The fourth-order valence-corrected chi connectivity index (χ4v) is 5.20. The SMILES string of the molecule is CCCCCCCCCC(C)(F)C(=O)Oc1ccc(-c2ccccc2-c2ccc(CCCCCCC)cc2)cc1. The largest absolute Gasteiger partial charge is 0.424 e. The third-order valence-corrected chi connectivity index (χ3v) is 7.81. The highest BCUT2D eigenvalue weighted by atomic mass is 19.1. The van der Waals surface area contributed by atoms with Crippen LogP contribution >= 0.6 is 0 Å². The molecule has 3 heteroatoms. The number of carbonyl (C=O) groups excluding carboxylic acids is 1. The molecule has 0 heterocycles. The maximum atomic E-state index is 15.1. The van der Waals surface area contributed by atoms with Crippen LogP contribution < -0.4 is 4.74 Å². The van der Waals surface area contributed by atoms with Gasteiger partial charge in [0.25, 0.3) is 0 Å². The molecule has 0 N–H and O–H groups in total. The van der Waals surface area contributed by atoms with Crippen molar-refractivity contribution < 1.29 is 13.9 Å². The molecule has 3 aromatic rings. The van der Waals surface area contributed by atoms with Crippen molar-refractivity contribution in [1.29, 1.82) is 0 Å². The van der Waals surface area contributed by atoms with E-state index in [0.29, 0.717) is 12.2 Å². The van der Waals surface area contributed by atoms with Crippen LogP contribution in [-0.2, 0) is 11.2 Å². The quantitative estimate of drug-likeness (QED) is 0.0904. The fourth-order valence-electron chi connectivity index (χ4n) is 5.20. The molecule has 1 atom stereocenters. The Labute approximate surface area is 242 Å². The molecule has 0 amide bonds. The third-order valence-electron chi connectivity index (χ3n) is 7.81. The zero-order chi connectivity index (χ0) is 28.6. The molecule has 0 aromatic heterocycles. The number of unbranched alkanes of at least 4 members (excludes halogenated alkanes) is 10. The summed E-state index contributed by atoms with van der Waals surface area (Å²) >= 11 is 0. The smallest absolute Gasteiger partial charge is 0.348 e. The van der Waals surface area contributed by atoms with Crippen molar-refractivity contribution in [3.63, 3.8) is 0 Å². The van der Waals surface area contributed by atoms with Crippen molar-refractivity contribution in [2.24, 2.45) is 0 Å². The fraction of sp³-hybridized carbons (Fsp3) is 0.486. The minimum absolute atomic E-state index is 0.197. The van der Waals surface area contributed by atoms with Crippen LogP contribution in [0.25, 0.3) is 22.3 Å². The molecule has 0 radical (unpaired) electrons. The first-order valence-electron chi connectivity index (χ1n) is 15.6. The molecular formula is C37H49FO2. The van der Waals surface area contributed by atoms with Crippen molar-refractivity contribution in [3.05, 3.63) is 78.4 Å². The van der Waals surface area contributed by atoms with Crippen molar-refractivity contribution in [2.45, 2.75) is 116 Å². The Kier molecular flexibility index (Phi) is 13.4. The zero-order valence-electron chi connectivity index (χ0n) is 25.0. The van der Waals surface area contributed by atoms with E-state index in [0.717, 1.165) is 36.0 Å². The van der Waals surface area contributed by atoms with Gasteiger partial charge in [0.1, 0.15) is 5.75 Å². The number of rotatable bonds is 18. The Bertz CT molecular complexity index is 1130. The Hall–Kier alpha value is -2.94. The summed E-state index contributed by atoms with van der Waals surface area (Å²) in [6.45, 7) is 5.79. The number of hydrogen-bond acceptors (Lipinski definition) is 2. The molecule has 0 fully saturated rings.